The summed E-state index contributed by atoms with van der Waals surface area (Å²) in [5.74, 6) is 3.59. The van der Waals surface area contributed by atoms with Gasteiger partial charge in [0.1, 0.15) is 17.5 Å². The zero-order chi connectivity index (χ0) is 42.3. The van der Waals surface area contributed by atoms with E-state index in [1.807, 2.05) is 18.5 Å². The fraction of sp³-hybridized carbons (Fsp3) is 0.700. The predicted molar refractivity (Wildman–Crippen MR) is 242 cm³/mol. The molecule has 324 valence electrons. The Balaban J connectivity index is 0.000000134. The van der Waals surface area contributed by atoms with E-state index >= 15 is 0 Å². The highest BCUT2D eigenvalue weighted by molar-refractivity contribution is 5.56. The van der Waals surface area contributed by atoms with Crippen molar-refractivity contribution in [3.63, 3.8) is 0 Å². The number of hydrogen-bond donors (Lipinski definition) is 0. The number of anilines is 3. The van der Waals surface area contributed by atoms with Crippen LogP contribution in [0.15, 0.2) is 42.7 Å². The van der Waals surface area contributed by atoms with E-state index in [1.54, 1.807) is 0 Å². The fourth-order valence-corrected chi connectivity index (χ4v) is 10.1. The van der Waals surface area contributed by atoms with Crippen molar-refractivity contribution < 1.29 is 14.2 Å². The topological polar surface area (TPSA) is 76.1 Å². The van der Waals surface area contributed by atoms with Gasteiger partial charge in [-0.1, -0.05) is 80.5 Å². The lowest BCUT2D eigenvalue weighted by molar-refractivity contribution is -0.000717. The molecule has 3 spiro atoms. The first kappa shape index (κ1) is 43.8. The normalized spacial score (nSPS) is 22.1. The minimum absolute atomic E-state index is 0.146. The van der Waals surface area contributed by atoms with E-state index in [-0.39, 0.29) is 16.2 Å². The van der Waals surface area contributed by atoms with E-state index in [1.165, 1.54) is 78.2 Å². The lowest BCUT2D eigenvalue weighted by atomic mass is 9.73. The lowest BCUT2D eigenvalue weighted by Gasteiger charge is -2.53. The SMILES string of the molecule is CC(C)(C)c1cccnc1N1CC2(CCOCC2)C1.Cc1ccc(C(C)(C)C)c(N2CC3(CCOCC3)C2)n1.Cc1cnc(N2CC3(CCOCC3)C2)c(C(C)(C)C)c1. The van der Waals surface area contributed by atoms with Gasteiger partial charge in [-0.15, -0.1) is 0 Å². The van der Waals surface area contributed by atoms with Gasteiger partial charge in [-0.05, 0) is 86.3 Å². The van der Waals surface area contributed by atoms with Crippen molar-refractivity contribution in [2.45, 2.75) is 131 Å². The van der Waals surface area contributed by atoms with Gasteiger partial charge in [-0.25, -0.2) is 15.0 Å². The van der Waals surface area contributed by atoms with Gasteiger partial charge in [0.25, 0.3) is 0 Å². The molecule has 0 amide bonds. The van der Waals surface area contributed by atoms with Crippen LogP contribution >= 0.6 is 0 Å². The Morgan fingerprint density at radius 3 is 1.31 bits per heavy atom. The second-order valence-electron chi connectivity index (χ2n) is 22.2. The van der Waals surface area contributed by atoms with Crippen molar-refractivity contribution >= 4 is 17.5 Å². The molecule has 9 nitrogen and oxygen atoms in total. The van der Waals surface area contributed by atoms with Crippen LogP contribution in [0.25, 0.3) is 0 Å². The molecule has 3 aromatic heterocycles. The summed E-state index contributed by atoms with van der Waals surface area (Å²) in [5, 5.41) is 0. The van der Waals surface area contributed by atoms with Crippen molar-refractivity contribution in [2.24, 2.45) is 16.2 Å². The zero-order valence-electron chi connectivity index (χ0n) is 38.7. The van der Waals surface area contributed by atoms with Crippen LogP contribution in [-0.2, 0) is 30.5 Å². The third-order valence-corrected chi connectivity index (χ3v) is 13.9. The van der Waals surface area contributed by atoms with Crippen LogP contribution < -0.4 is 14.7 Å². The molecule has 0 atom stereocenters. The van der Waals surface area contributed by atoms with Crippen molar-refractivity contribution in [2.75, 3.05) is 93.6 Å². The number of ether oxygens (including phenoxy) is 3. The highest BCUT2D eigenvalue weighted by Gasteiger charge is 2.47. The van der Waals surface area contributed by atoms with Crippen LogP contribution in [0, 0.1) is 30.1 Å². The molecule has 9 heteroatoms. The Labute approximate surface area is 357 Å². The third kappa shape index (κ3) is 9.94. The summed E-state index contributed by atoms with van der Waals surface area (Å²) in [5.41, 5.74) is 8.41. The number of pyridine rings is 3. The van der Waals surface area contributed by atoms with E-state index in [0.29, 0.717) is 16.2 Å². The quantitative estimate of drug-likeness (QED) is 0.257. The van der Waals surface area contributed by atoms with Gasteiger partial charge >= 0.3 is 0 Å². The molecule has 6 saturated heterocycles. The smallest absolute Gasteiger partial charge is 0.132 e. The van der Waals surface area contributed by atoms with Gasteiger partial charge in [0.2, 0.25) is 0 Å². The van der Waals surface area contributed by atoms with Crippen LogP contribution in [-0.4, -0.2) is 93.9 Å². The molecule has 0 unspecified atom stereocenters. The average Bonchev–Trinajstić information content (AvgIpc) is 3.15. The summed E-state index contributed by atoms with van der Waals surface area (Å²) in [7, 11) is 0. The molecule has 0 radical (unpaired) electrons. The van der Waals surface area contributed by atoms with Gasteiger partial charge < -0.3 is 28.9 Å². The summed E-state index contributed by atoms with van der Waals surface area (Å²) in [4.78, 5) is 21.6. The zero-order valence-corrected chi connectivity index (χ0v) is 38.7. The Kier molecular flexibility index (Phi) is 12.5. The number of hydrogen-bond acceptors (Lipinski definition) is 9. The van der Waals surface area contributed by atoms with Gasteiger partial charge in [0, 0.05) is 130 Å². The van der Waals surface area contributed by atoms with Crippen LogP contribution in [0.4, 0.5) is 17.5 Å². The van der Waals surface area contributed by atoms with Crippen LogP contribution in [0.5, 0.6) is 0 Å². The molecule has 6 fully saturated rings. The van der Waals surface area contributed by atoms with E-state index in [9.17, 15) is 0 Å². The lowest BCUT2D eigenvalue weighted by Crippen LogP contribution is -2.59. The van der Waals surface area contributed by atoms with Crippen molar-refractivity contribution in [1.29, 1.82) is 0 Å². The number of nitrogens with zero attached hydrogens (tertiary/aromatic N) is 6. The molecule has 6 aliphatic heterocycles. The summed E-state index contributed by atoms with van der Waals surface area (Å²) >= 11 is 0. The molecule has 59 heavy (non-hydrogen) atoms. The summed E-state index contributed by atoms with van der Waals surface area (Å²) in [6, 6.07) is 11.0. The molecule has 0 N–H and O–H groups in total. The molecule has 0 aliphatic carbocycles. The molecule has 9 heterocycles. The minimum Gasteiger partial charge on any atom is -0.381 e. The molecular weight excluding hydrogens is 733 g/mol. The Morgan fingerprint density at radius 2 is 0.881 bits per heavy atom. The predicted octanol–water partition coefficient (Wildman–Crippen LogP) is 9.60. The minimum atomic E-state index is 0.146. The number of aryl methyl sites for hydroxylation is 2. The number of aromatic nitrogens is 3. The van der Waals surface area contributed by atoms with Crippen LogP contribution in [0.1, 0.15) is 129 Å². The summed E-state index contributed by atoms with van der Waals surface area (Å²) in [6.45, 7) is 37.1. The van der Waals surface area contributed by atoms with Crippen molar-refractivity contribution in [1.82, 2.24) is 15.0 Å². The van der Waals surface area contributed by atoms with E-state index < -0.39 is 0 Å². The number of rotatable bonds is 3. The molecule has 0 bridgehead atoms. The van der Waals surface area contributed by atoms with Gasteiger partial charge in [-0.3, -0.25) is 0 Å². The largest absolute Gasteiger partial charge is 0.381 e. The van der Waals surface area contributed by atoms with Crippen molar-refractivity contribution in [3.8, 4) is 0 Å². The van der Waals surface area contributed by atoms with E-state index in [0.717, 1.165) is 84.6 Å². The summed E-state index contributed by atoms with van der Waals surface area (Å²) in [6.07, 6.45) is 11.2. The average molecular weight is 809 g/mol. The monoisotopic (exact) mass is 809 g/mol. The standard InChI is InChI=1S/2C17H26N2O.C16H24N2O/c1-13-9-14(16(2,3)4)15(18-10-13)19-11-17(12-19)5-7-20-8-6-17;1-13-5-6-14(16(2,3)4)15(18-13)19-11-17(12-19)7-9-20-10-8-17;1-15(2,3)13-5-4-8-17-14(13)18-11-16(12-18)6-9-19-10-7-16/h9-10H,5-8,11-12H2,1-4H3;5-6H,7-12H2,1-4H3;4-5,8H,6-7,9-12H2,1-3H3. The Hall–Kier alpha value is -3.27. The van der Waals surface area contributed by atoms with E-state index in [2.05, 4.69) is 120 Å². The van der Waals surface area contributed by atoms with Gasteiger partial charge in [-0.2, -0.15) is 0 Å². The highest BCUT2D eigenvalue weighted by atomic mass is 16.5. The van der Waals surface area contributed by atoms with E-state index in [4.69, 9.17) is 24.2 Å². The van der Waals surface area contributed by atoms with Gasteiger partial charge in [0.15, 0.2) is 0 Å². The molecule has 0 aromatic carbocycles. The maximum atomic E-state index is 5.50. The highest BCUT2D eigenvalue weighted by Crippen LogP contribution is 2.46. The molecule has 6 aliphatic rings. The molecular formula is C50H76N6O3. The third-order valence-electron chi connectivity index (χ3n) is 13.9. The molecule has 9 rings (SSSR count). The molecule has 0 saturated carbocycles. The molecule has 3 aromatic rings. The first-order chi connectivity index (χ1) is 27.8. The van der Waals surface area contributed by atoms with Gasteiger partial charge in [0.05, 0.1) is 0 Å². The first-order valence-corrected chi connectivity index (χ1v) is 22.7. The summed E-state index contributed by atoms with van der Waals surface area (Å²) < 4.78 is 16.5. The second-order valence-corrected chi connectivity index (χ2v) is 22.2. The maximum absolute atomic E-state index is 5.50. The maximum Gasteiger partial charge on any atom is 0.132 e. The Bertz CT molecular complexity index is 1870. The first-order valence-electron chi connectivity index (χ1n) is 22.7. The fourth-order valence-electron chi connectivity index (χ4n) is 10.1. The second kappa shape index (κ2) is 16.9. The van der Waals surface area contributed by atoms with Crippen molar-refractivity contribution in [3.05, 3.63) is 70.7 Å². The Morgan fingerprint density at radius 1 is 0.492 bits per heavy atom. The van der Waals surface area contributed by atoms with Crippen LogP contribution in [0.2, 0.25) is 0 Å². The van der Waals surface area contributed by atoms with Crippen LogP contribution in [0.3, 0.4) is 0 Å².